The highest BCUT2D eigenvalue weighted by Gasteiger charge is 2.17. The number of rotatable bonds is 7. The van der Waals surface area contributed by atoms with Crippen LogP contribution in [0.3, 0.4) is 0 Å². The van der Waals surface area contributed by atoms with Crippen LogP contribution in [0.1, 0.15) is 20.3 Å². The third-order valence-corrected chi connectivity index (χ3v) is 3.31. The number of benzene rings is 1. The molecule has 0 aliphatic rings. The molecule has 0 bridgehead atoms. The lowest BCUT2D eigenvalue weighted by atomic mass is 10.2. The zero-order valence-corrected chi connectivity index (χ0v) is 13.1. The van der Waals surface area contributed by atoms with Crippen LogP contribution < -0.4 is 10.1 Å². The highest BCUT2D eigenvalue weighted by Crippen LogP contribution is 2.24. The highest BCUT2D eigenvalue weighted by atomic mass is 79.9. The molecule has 1 aromatic rings. The summed E-state index contributed by atoms with van der Waals surface area (Å²) in [7, 11) is 1.65. The Morgan fingerprint density at radius 1 is 1.37 bits per heavy atom. The van der Waals surface area contributed by atoms with Crippen molar-refractivity contribution in [2.45, 2.75) is 32.4 Å². The lowest BCUT2D eigenvalue weighted by molar-refractivity contribution is -0.128. The molecule has 106 valence electrons. The summed E-state index contributed by atoms with van der Waals surface area (Å²) >= 11 is 3.39. The SMILES string of the molecule is COCCC(C)NC(=O)C(C)Oc1ccccc1Br. The van der Waals surface area contributed by atoms with Gasteiger partial charge in [-0.05, 0) is 48.3 Å². The van der Waals surface area contributed by atoms with Crippen LogP contribution in [0.4, 0.5) is 0 Å². The lowest BCUT2D eigenvalue weighted by Gasteiger charge is -2.19. The molecule has 2 atom stereocenters. The van der Waals surface area contributed by atoms with Crippen molar-refractivity contribution in [2.24, 2.45) is 0 Å². The summed E-state index contributed by atoms with van der Waals surface area (Å²) in [6, 6.07) is 7.53. The molecule has 0 fully saturated rings. The number of nitrogens with one attached hydrogen (secondary N) is 1. The predicted molar refractivity (Wildman–Crippen MR) is 78.3 cm³/mol. The topological polar surface area (TPSA) is 47.6 Å². The molecule has 0 saturated heterocycles. The summed E-state index contributed by atoms with van der Waals surface area (Å²) in [4.78, 5) is 11.9. The van der Waals surface area contributed by atoms with Crippen molar-refractivity contribution < 1.29 is 14.3 Å². The number of methoxy groups -OCH3 is 1. The quantitative estimate of drug-likeness (QED) is 0.836. The summed E-state index contributed by atoms with van der Waals surface area (Å²) in [6.45, 7) is 4.31. The van der Waals surface area contributed by atoms with Gasteiger partial charge in [-0.2, -0.15) is 0 Å². The van der Waals surface area contributed by atoms with E-state index in [2.05, 4.69) is 21.2 Å². The molecule has 5 heteroatoms. The average Bonchev–Trinajstić information content (AvgIpc) is 2.38. The first-order chi connectivity index (χ1) is 9.04. The van der Waals surface area contributed by atoms with Crippen molar-refractivity contribution in [1.29, 1.82) is 0 Å². The van der Waals surface area contributed by atoms with E-state index in [1.807, 2.05) is 31.2 Å². The van der Waals surface area contributed by atoms with Crippen molar-refractivity contribution in [1.82, 2.24) is 5.32 Å². The van der Waals surface area contributed by atoms with Gasteiger partial charge in [-0.15, -0.1) is 0 Å². The van der Waals surface area contributed by atoms with Gasteiger partial charge in [0.15, 0.2) is 6.10 Å². The van der Waals surface area contributed by atoms with E-state index < -0.39 is 6.10 Å². The van der Waals surface area contributed by atoms with Crippen LogP contribution in [-0.2, 0) is 9.53 Å². The number of para-hydroxylation sites is 1. The van der Waals surface area contributed by atoms with Crippen LogP contribution in [-0.4, -0.2) is 31.8 Å². The first-order valence-corrected chi connectivity index (χ1v) is 7.04. The van der Waals surface area contributed by atoms with Crippen LogP contribution in [0, 0.1) is 0 Å². The summed E-state index contributed by atoms with van der Waals surface area (Å²) in [6.07, 6.45) is 0.243. The Bertz CT molecular complexity index is 411. The Hall–Kier alpha value is -1.07. The largest absolute Gasteiger partial charge is 0.480 e. The highest BCUT2D eigenvalue weighted by molar-refractivity contribution is 9.10. The van der Waals surface area contributed by atoms with Crippen molar-refractivity contribution in [2.75, 3.05) is 13.7 Å². The second-order valence-corrected chi connectivity index (χ2v) is 5.24. The van der Waals surface area contributed by atoms with E-state index in [1.165, 1.54) is 0 Å². The number of hydrogen-bond donors (Lipinski definition) is 1. The molecule has 1 amide bonds. The molecule has 4 nitrogen and oxygen atoms in total. The van der Waals surface area contributed by atoms with Crippen molar-refractivity contribution in [3.63, 3.8) is 0 Å². The fourth-order valence-electron chi connectivity index (χ4n) is 1.51. The second-order valence-electron chi connectivity index (χ2n) is 4.38. The zero-order chi connectivity index (χ0) is 14.3. The maximum absolute atomic E-state index is 11.9. The minimum atomic E-state index is -0.538. The van der Waals surface area contributed by atoms with Gasteiger partial charge in [-0.3, -0.25) is 4.79 Å². The fraction of sp³-hybridized carbons (Fsp3) is 0.500. The molecule has 0 spiro atoms. The Labute approximate surface area is 122 Å². The average molecular weight is 330 g/mol. The van der Waals surface area contributed by atoms with E-state index in [1.54, 1.807) is 14.0 Å². The molecule has 0 saturated carbocycles. The van der Waals surface area contributed by atoms with Crippen LogP contribution in [0.25, 0.3) is 0 Å². The van der Waals surface area contributed by atoms with Crippen molar-refractivity contribution in [3.8, 4) is 5.75 Å². The molecule has 19 heavy (non-hydrogen) atoms. The summed E-state index contributed by atoms with van der Waals surface area (Å²) < 4.78 is 11.4. The fourth-order valence-corrected chi connectivity index (χ4v) is 1.89. The summed E-state index contributed by atoms with van der Waals surface area (Å²) in [5.74, 6) is 0.536. The van der Waals surface area contributed by atoms with Gasteiger partial charge >= 0.3 is 0 Å². The van der Waals surface area contributed by atoms with E-state index >= 15 is 0 Å². The molecule has 2 unspecified atom stereocenters. The standard InChI is InChI=1S/C14H20BrNO3/c1-10(8-9-18-3)16-14(17)11(2)19-13-7-5-4-6-12(13)15/h4-7,10-11H,8-9H2,1-3H3,(H,16,17). The molecule has 0 aromatic heterocycles. The predicted octanol–water partition coefficient (Wildman–Crippen LogP) is 2.76. The van der Waals surface area contributed by atoms with Crippen LogP contribution >= 0.6 is 15.9 Å². The molecule has 0 heterocycles. The number of amides is 1. The Morgan fingerprint density at radius 2 is 2.05 bits per heavy atom. The first kappa shape index (κ1) is 16.0. The smallest absolute Gasteiger partial charge is 0.260 e. The number of carbonyl (C=O) groups is 1. The third-order valence-electron chi connectivity index (χ3n) is 2.65. The normalized spacial score (nSPS) is 13.7. The molecule has 0 aliphatic carbocycles. The Morgan fingerprint density at radius 3 is 2.68 bits per heavy atom. The first-order valence-electron chi connectivity index (χ1n) is 6.25. The maximum atomic E-state index is 11.9. The van der Waals surface area contributed by atoms with Gasteiger partial charge in [-0.25, -0.2) is 0 Å². The van der Waals surface area contributed by atoms with Crippen molar-refractivity contribution in [3.05, 3.63) is 28.7 Å². The number of carbonyl (C=O) groups excluding carboxylic acids is 1. The van der Waals surface area contributed by atoms with Gasteiger partial charge in [0.25, 0.3) is 5.91 Å². The monoisotopic (exact) mass is 329 g/mol. The van der Waals surface area contributed by atoms with E-state index in [0.29, 0.717) is 12.4 Å². The van der Waals surface area contributed by atoms with Gasteiger partial charge in [0.05, 0.1) is 4.47 Å². The number of halogens is 1. The Kier molecular flexibility index (Phi) is 6.87. The van der Waals surface area contributed by atoms with Gasteiger partial charge < -0.3 is 14.8 Å². The third kappa shape index (κ3) is 5.61. The van der Waals surface area contributed by atoms with E-state index in [4.69, 9.17) is 9.47 Å². The van der Waals surface area contributed by atoms with Crippen LogP contribution in [0.2, 0.25) is 0 Å². The van der Waals surface area contributed by atoms with Gasteiger partial charge in [0.2, 0.25) is 0 Å². The summed E-state index contributed by atoms with van der Waals surface area (Å²) in [5, 5.41) is 2.89. The second kappa shape index (κ2) is 8.17. The zero-order valence-electron chi connectivity index (χ0n) is 11.5. The maximum Gasteiger partial charge on any atom is 0.260 e. The Balaban J connectivity index is 2.47. The van der Waals surface area contributed by atoms with Gasteiger partial charge in [0, 0.05) is 19.8 Å². The molecule has 1 aromatic carbocycles. The van der Waals surface area contributed by atoms with E-state index in [0.717, 1.165) is 10.9 Å². The minimum absolute atomic E-state index is 0.0673. The van der Waals surface area contributed by atoms with Gasteiger partial charge in [-0.1, -0.05) is 12.1 Å². The summed E-state index contributed by atoms with van der Waals surface area (Å²) in [5.41, 5.74) is 0. The van der Waals surface area contributed by atoms with Crippen LogP contribution in [0.15, 0.2) is 28.7 Å². The van der Waals surface area contributed by atoms with Gasteiger partial charge in [0.1, 0.15) is 5.75 Å². The molecular weight excluding hydrogens is 310 g/mol. The van der Waals surface area contributed by atoms with Crippen LogP contribution in [0.5, 0.6) is 5.75 Å². The molecule has 0 aliphatic heterocycles. The molecular formula is C14H20BrNO3. The van der Waals surface area contributed by atoms with E-state index in [-0.39, 0.29) is 11.9 Å². The molecule has 0 radical (unpaired) electrons. The minimum Gasteiger partial charge on any atom is -0.480 e. The lowest BCUT2D eigenvalue weighted by Crippen LogP contribution is -2.41. The number of ether oxygens (including phenoxy) is 2. The number of hydrogen-bond acceptors (Lipinski definition) is 3. The van der Waals surface area contributed by atoms with E-state index in [9.17, 15) is 4.79 Å². The molecule has 1 N–H and O–H groups in total. The molecule has 1 rings (SSSR count). The van der Waals surface area contributed by atoms with Crippen molar-refractivity contribution >= 4 is 21.8 Å².